The van der Waals surface area contributed by atoms with Crippen molar-refractivity contribution in [2.75, 3.05) is 57.0 Å². The van der Waals surface area contributed by atoms with Gasteiger partial charge in [0.25, 0.3) is 5.91 Å². The average molecular weight is 459 g/mol. The number of aromatic nitrogens is 1. The highest BCUT2D eigenvalue weighted by atomic mass is 32.2. The fourth-order valence-corrected chi connectivity index (χ4v) is 5.63. The van der Waals surface area contributed by atoms with Crippen molar-refractivity contribution < 1.29 is 18.7 Å². The van der Waals surface area contributed by atoms with Crippen molar-refractivity contribution in [1.82, 2.24) is 14.2 Å². The normalized spacial score (nSPS) is 21.4. The zero-order chi connectivity index (χ0) is 22.3. The smallest absolute Gasteiger partial charge is 0.312 e. The SMILES string of the molecule is CSN1CCN(C(=O)c2cnc3ccc(F)cc3c2N2CCC3(CCOC3=O)CC2)CC1. The van der Waals surface area contributed by atoms with E-state index in [4.69, 9.17) is 4.74 Å². The van der Waals surface area contributed by atoms with E-state index in [0.29, 0.717) is 62.1 Å². The van der Waals surface area contributed by atoms with Crippen LogP contribution in [-0.2, 0) is 9.53 Å². The molecule has 5 rings (SSSR count). The monoisotopic (exact) mass is 458 g/mol. The van der Waals surface area contributed by atoms with Gasteiger partial charge in [0.1, 0.15) is 5.82 Å². The lowest BCUT2D eigenvalue weighted by atomic mass is 9.77. The van der Waals surface area contributed by atoms with Crippen LogP contribution in [0, 0.1) is 11.2 Å². The number of benzene rings is 1. The van der Waals surface area contributed by atoms with E-state index in [2.05, 4.69) is 14.2 Å². The van der Waals surface area contributed by atoms with Crippen LogP contribution in [-0.4, -0.2) is 78.2 Å². The van der Waals surface area contributed by atoms with E-state index < -0.39 is 5.41 Å². The molecule has 1 aromatic heterocycles. The summed E-state index contributed by atoms with van der Waals surface area (Å²) in [6.07, 6.45) is 5.76. The molecule has 0 radical (unpaired) electrons. The fourth-order valence-electron chi connectivity index (χ4n) is 5.10. The summed E-state index contributed by atoms with van der Waals surface area (Å²) in [6.45, 7) is 4.63. The Hall–Kier alpha value is -2.39. The predicted octanol–water partition coefficient (Wildman–Crippen LogP) is 2.94. The Balaban J connectivity index is 1.49. The van der Waals surface area contributed by atoms with Crippen LogP contribution in [0.2, 0.25) is 0 Å². The van der Waals surface area contributed by atoms with E-state index in [1.54, 1.807) is 24.2 Å². The number of esters is 1. The van der Waals surface area contributed by atoms with Crippen molar-refractivity contribution in [3.8, 4) is 0 Å². The predicted molar refractivity (Wildman–Crippen MR) is 122 cm³/mol. The molecule has 0 bridgehead atoms. The lowest BCUT2D eigenvalue weighted by Crippen LogP contribution is -2.47. The molecule has 1 spiro atoms. The number of amides is 1. The minimum absolute atomic E-state index is 0.0695. The lowest BCUT2D eigenvalue weighted by Gasteiger charge is -2.39. The van der Waals surface area contributed by atoms with E-state index >= 15 is 0 Å². The number of hydrogen-bond acceptors (Lipinski definition) is 7. The van der Waals surface area contributed by atoms with Crippen LogP contribution in [0.4, 0.5) is 10.1 Å². The van der Waals surface area contributed by atoms with Gasteiger partial charge in [0.15, 0.2) is 0 Å². The number of anilines is 1. The van der Waals surface area contributed by atoms with Gasteiger partial charge in [-0.1, -0.05) is 11.9 Å². The Morgan fingerprint density at radius 2 is 1.88 bits per heavy atom. The van der Waals surface area contributed by atoms with E-state index in [0.717, 1.165) is 25.2 Å². The highest BCUT2D eigenvalue weighted by molar-refractivity contribution is 7.96. The largest absolute Gasteiger partial charge is 0.465 e. The van der Waals surface area contributed by atoms with E-state index in [1.165, 1.54) is 12.1 Å². The summed E-state index contributed by atoms with van der Waals surface area (Å²) in [5.74, 6) is -0.530. The lowest BCUT2D eigenvalue weighted by molar-refractivity contribution is -0.147. The molecular formula is C23H27FN4O3S. The van der Waals surface area contributed by atoms with Gasteiger partial charge in [0.2, 0.25) is 0 Å². The third-order valence-electron chi connectivity index (χ3n) is 7.10. The fraction of sp³-hybridized carbons (Fsp3) is 0.522. The molecule has 2 aromatic rings. The van der Waals surface area contributed by atoms with Gasteiger partial charge in [-0.15, -0.1) is 0 Å². The van der Waals surface area contributed by atoms with Crippen molar-refractivity contribution in [1.29, 1.82) is 0 Å². The van der Waals surface area contributed by atoms with E-state index in [-0.39, 0.29) is 17.7 Å². The van der Waals surface area contributed by atoms with Gasteiger partial charge in [-0.2, -0.15) is 0 Å². The van der Waals surface area contributed by atoms with Crippen molar-refractivity contribution in [3.05, 3.63) is 35.8 Å². The quantitative estimate of drug-likeness (QED) is 0.518. The van der Waals surface area contributed by atoms with Gasteiger partial charge in [0, 0.05) is 50.9 Å². The Kier molecular flexibility index (Phi) is 5.71. The molecule has 0 aliphatic carbocycles. The number of halogens is 1. The molecule has 3 aliphatic rings. The summed E-state index contributed by atoms with van der Waals surface area (Å²) in [5, 5.41) is 0.642. The first-order chi connectivity index (χ1) is 15.5. The van der Waals surface area contributed by atoms with Crippen molar-refractivity contribution >= 4 is 40.4 Å². The number of fused-ring (bicyclic) bond motifs is 1. The number of cyclic esters (lactones) is 1. The third kappa shape index (κ3) is 3.71. The number of carbonyl (C=O) groups is 2. The number of rotatable bonds is 3. The maximum atomic E-state index is 14.2. The molecule has 170 valence electrons. The third-order valence-corrected chi connectivity index (χ3v) is 7.98. The maximum absolute atomic E-state index is 14.2. The Morgan fingerprint density at radius 3 is 2.53 bits per heavy atom. The summed E-state index contributed by atoms with van der Waals surface area (Å²) >= 11 is 1.69. The number of carbonyl (C=O) groups excluding carboxylic acids is 2. The highest BCUT2D eigenvalue weighted by Gasteiger charge is 2.46. The van der Waals surface area contributed by atoms with Crippen LogP contribution in [0.1, 0.15) is 29.6 Å². The van der Waals surface area contributed by atoms with E-state index in [9.17, 15) is 14.0 Å². The second-order valence-corrected chi connectivity index (χ2v) is 9.62. The number of nitrogens with zero attached hydrogens (tertiary/aromatic N) is 4. The number of piperidine rings is 1. The summed E-state index contributed by atoms with van der Waals surface area (Å²) in [7, 11) is 0. The van der Waals surface area contributed by atoms with E-state index in [1.807, 2.05) is 11.2 Å². The minimum atomic E-state index is -0.414. The Labute approximate surface area is 191 Å². The van der Waals surface area contributed by atoms with Gasteiger partial charge < -0.3 is 14.5 Å². The van der Waals surface area contributed by atoms with Crippen molar-refractivity contribution in [3.63, 3.8) is 0 Å². The number of pyridine rings is 1. The summed E-state index contributed by atoms with van der Waals surface area (Å²) in [5.41, 5.74) is 1.48. The van der Waals surface area contributed by atoms with Crippen molar-refractivity contribution in [2.45, 2.75) is 19.3 Å². The van der Waals surface area contributed by atoms with Gasteiger partial charge in [0.05, 0.1) is 28.8 Å². The molecule has 32 heavy (non-hydrogen) atoms. The van der Waals surface area contributed by atoms with Crippen LogP contribution in [0.3, 0.4) is 0 Å². The molecule has 9 heteroatoms. The van der Waals surface area contributed by atoms with Crippen molar-refractivity contribution in [2.24, 2.45) is 5.41 Å². The van der Waals surface area contributed by atoms with Crippen LogP contribution >= 0.6 is 11.9 Å². The van der Waals surface area contributed by atoms with Crippen LogP contribution in [0.25, 0.3) is 10.9 Å². The zero-order valence-corrected chi connectivity index (χ0v) is 19.0. The molecule has 0 N–H and O–H groups in total. The van der Waals surface area contributed by atoms with Gasteiger partial charge in [-0.05, 0) is 43.7 Å². The molecule has 3 saturated heterocycles. The molecular weight excluding hydrogens is 431 g/mol. The maximum Gasteiger partial charge on any atom is 0.312 e. The zero-order valence-electron chi connectivity index (χ0n) is 18.2. The first kappa shape index (κ1) is 21.5. The van der Waals surface area contributed by atoms with Crippen LogP contribution in [0.5, 0.6) is 0 Å². The molecule has 1 aromatic carbocycles. The van der Waals surface area contributed by atoms with Gasteiger partial charge in [-0.25, -0.2) is 8.70 Å². The molecule has 0 unspecified atom stereocenters. The summed E-state index contributed by atoms with van der Waals surface area (Å²) in [6, 6.07) is 4.51. The second kappa shape index (κ2) is 8.51. The molecule has 7 nitrogen and oxygen atoms in total. The standard InChI is InChI=1S/C23H27FN4O3S/c1-32-28-11-9-27(10-12-28)21(29)18-15-25-19-3-2-16(24)14-17(19)20(18)26-7-4-23(5-8-26)6-13-31-22(23)30/h2-3,14-15H,4-13H2,1H3. The van der Waals surface area contributed by atoms with Crippen LogP contribution in [0.15, 0.2) is 24.4 Å². The molecule has 3 fully saturated rings. The first-order valence-corrected chi connectivity index (χ1v) is 12.3. The minimum Gasteiger partial charge on any atom is -0.465 e. The highest BCUT2D eigenvalue weighted by Crippen LogP contribution is 2.43. The molecule has 4 heterocycles. The summed E-state index contributed by atoms with van der Waals surface area (Å²) < 4.78 is 21.7. The number of piperazine rings is 1. The molecule has 0 saturated carbocycles. The second-order valence-electron chi connectivity index (χ2n) is 8.74. The topological polar surface area (TPSA) is 66.0 Å². The first-order valence-electron chi connectivity index (χ1n) is 11.1. The van der Waals surface area contributed by atoms with Gasteiger partial charge >= 0.3 is 5.97 Å². The molecule has 3 aliphatic heterocycles. The number of hydrogen-bond donors (Lipinski definition) is 0. The summed E-state index contributed by atoms with van der Waals surface area (Å²) in [4.78, 5) is 34.3. The molecule has 0 atom stereocenters. The van der Waals surface area contributed by atoms with Crippen LogP contribution < -0.4 is 4.90 Å². The number of ether oxygens (including phenoxy) is 1. The Morgan fingerprint density at radius 1 is 1.12 bits per heavy atom. The molecule has 1 amide bonds. The average Bonchev–Trinajstić information content (AvgIpc) is 3.18. The van der Waals surface area contributed by atoms with Gasteiger partial charge in [-0.3, -0.25) is 14.6 Å². The Bertz CT molecular complexity index is 1050.